The molecule has 14 heavy (non-hydrogen) atoms. The van der Waals surface area contributed by atoms with Gasteiger partial charge in [-0.2, -0.15) is 0 Å². The smallest absolute Gasteiger partial charge is 0.319 e. The zero-order chi connectivity index (χ0) is 8.97. The molecule has 1 aromatic carbocycles. The summed E-state index contributed by atoms with van der Waals surface area (Å²) in [5.41, 5.74) is 5.17. The van der Waals surface area contributed by atoms with E-state index < -0.39 is 11.9 Å². The van der Waals surface area contributed by atoms with Gasteiger partial charge in [-0.25, -0.2) is 4.79 Å². The lowest BCUT2D eigenvalue weighted by atomic mass is 10.2. The number of nitrogens with two attached hydrogens (primary N) is 1. The molecule has 0 saturated carbocycles. The van der Waals surface area contributed by atoms with Crippen LogP contribution < -0.4 is 11.1 Å². The van der Waals surface area contributed by atoms with E-state index in [9.17, 15) is 9.59 Å². The molecule has 1 aromatic rings. The molecule has 4 nitrogen and oxygen atoms in total. The van der Waals surface area contributed by atoms with Crippen molar-refractivity contribution in [2.75, 3.05) is 0 Å². The molecule has 0 heterocycles. The molecule has 0 saturated heterocycles. The second-order valence-electron chi connectivity index (χ2n) is 2.18. The Labute approximate surface area is 93.7 Å². The van der Waals surface area contributed by atoms with Crippen molar-refractivity contribution in [1.82, 2.24) is 5.32 Å². The highest BCUT2D eigenvalue weighted by Gasteiger charge is 2.05. The number of urea groups is 1. The van der Waals surface area contributed by atoms with Gasteiger partial charge in [0.25, 0.3) is 5.91 Å². The van der Waals surface area contributed by atoms with Crippen molar-refractivity contribution in [1.29, 1.82) is 0 Å². The van der Waals surface area contributed by atoms with Crippen molar-refractivity contribution in [2.24, 2.45) is 5.73 Å². The third-order valence-electron chi connectivity index (χ3n) is 1.27. The molecule has 6 heteroatoms. The second kappa shape index (κ2) is 7.17. The minimum absolute atomic E-state index is 0. The minimum atomic E-state index is -0.844. The van der Waals surface area contributed by atoms with E-state index in [-0.39, 0.29) is 24.8 Å². The highest BCUT2D eigenvalue weighted by Crippen LogP contribution is 1.96. The van der Waals surface area contributed by atoms with Crippen molar-refractivity contribution < 1.29 is 9.59 Å². The first-order valence-electron chi connectivity index (χ1n) is 3.36. The summed E-state index contributed by atoms with van der Waals surface area (Å²) in [6, 6.07) is 7.53. The van der Waals surface area contributed by atoms with Crippen LogP contribution in [0.4, 0.5) is 4.79 Å². The van der Waals surface area contributed by atoms with Crippen LogP contribution >= 0.6 is 24.8 Å². The van der Waals surface area contributed by atoms with Gasteiger partial charge in [-0.15, -0.1) is 24.8 Å². The average Bonchev–Trinajstić information content (AvgIpc) is 2.05. The summed E-state index contributed by atoms with van der Waals surface area (Å²) >= 11 is 0. The van der Waals surface area contributed by atoms with Gasteiger partial charge >= 0.3 is 6.03 Å². The van der Waals surface area contributed by atoms with Gasteiger partial charge in [0, 0.05) is 5.56 Å². The summed E-state index contributed by atoms with van der Waals surface area (Å²) in [6.07, 6.45) is 0. The van der Waals surface area contributed by atoms with E-state index in [2.05, 4.69) is 0 Å². The molecule has 3 N–H and O–H groups in total. The number of primary amides is 1. The molecule has 0 aliphatic heterocycles. The molecule has 0 unspecified atom stereocenters. The van der Waals surface area contributed by atoms with Crippen LogP contribution in [0, 0.1) is 0 Å². The minimum Gasteiger partial charge on any atom is -0.351 e. The summed E-state index contributed by atoms with van der Waals surface area (Å²) in [5, 5.41) is 1.96. The number of imide groups is 1. The van der Waals surface area contributed by atoms with Crippen LogP contribution in [0.2, 0.25) is 0 Å². The van der Waals surface area contributed by atoms with Crippen LogP contribution in [0.5, 0.6) is 0 Å². The zero-order valence-electron chi connectivity index (χ0n) is 7.10. The van der Waals surface area contributed by atoms with E-state index in [1.807, 2.05) is 5.32 Å². The maximum Gasteiger partial charge on any atom is 0.319 e. The summed E-state index contributed by atoms with van der Waals surface area (Å²) in [7, 11) is 0. The highest BCUT2D eigenvalue weighted by molar-refractivity contribution is 6.03. The Morgan fingerprint density at radius 1 is 1.07 bits per heavy atom. The van der Waals surface area contributed by atoms with Gasteiger partial charge in [-0.1, -0.05) is 18.2 Å². The Bertz CT molecular complexity index is 303. The van der Waals surface area contributed by atoms with Crippen LogP contribution in [-0.4, -0.2) is 11.9 Å². The number of halogens is 2. The Hall–Kier alpha value is -1.26. The van der Waals surface area contributed by atoms with Gasteiger partial charge < -0.3 is 5.73 Å². The topological polar surface area (TPSA) is 72.2 Å². The molecule has 0 spiro atoms. The third kappa shape index (κ3) is 4.69. The number of amides is 3. The van der Waals surface area contributed by atoms with Gasteiger partial charge in [0.15, 0.2) is 0 Å². The van der Waals surface area contributed by atoms with E-state index in [0.717, 1.165) is 0 Å². The fourth-order valence-corrected chi connectivity index (χ4v) is 0.774. The van der Waals surface area contributed by atoms with Gasteiger partial charge in [0.05, 0.1) is 0 Å². The molecule has 1 rings (SSSR count). The van der Waals surface area contributed by atoms with Crippen molar-refractivity contribution in [3.8, 4) is 0 Å². The van der Waals surface area contributed by atoms with Crippen LogP contribution in [-0.2, 0) is 0 Å². The summed E-state index contributed by atoms with van der Waals surface area (Å²) in [4.78, 5) is 21.3. The van der Waals surface area contributed by atoms with Crippen molar-refractivity contribution >= 4 is 36.8 Å². The zero-order valence-corrected chi connectivity index (χ0v) is 8.73. The monoisotopic (exact) mass is 236 g/mol. The van der Waals surface area contributed by atoms with Gasteiger partial charge in [0.2, 0.25) is 0 Å². The molecular weight excluding hydrogens is 227 g/mol. The lowest BCUT2D eigenvalue weighted by molar-refractivity contribution is 0.0966. The van der Waals surface area contributed by atoms with Crippen LogP contribution in [0.1, 0.15) is 10.4 Å². The lowest BCUT2D eigenvalue weighted by Crippen LogP contribution is -2.34. The summed E-state index contributed by atoms with van der Waals surface area (Å²) in [5.74, 6) is -0.483. The fraction of sp³-hybridized carbons (Fsp3) is 0. The van der Waals surface area contributed by atoms with Crippen LogP contribution in [0.25, 0.3) is 0 Å². The molecule has 0 bridgehead atoms. The second-order valence-corrected chi connectivity index (χ2v) is 2.18. The molecule has 0 radical (unpaired) electrons. The largest absolute Gasteiger partial charge is 0.351 e. The van der Waals surface area contributed by atoms with Gasteiger partial charge in [-0.3, -0.25) is 10.1 Å². The number of hydrogen-bond donors (Lipinski definition) is 2. The van der Waals surface area contributed by atoms with Crippen molar-refractivity contribution in [3.05, 3.63) is 35.9 Å². The maximum atomic E-state index is 11.0. The fourth-order valence-electron chi connectivity index (χ4n) is 0.774. The van der Waals surface area contributed by atoms with E-state index in [1.54, 1.807) is 30.3 Å². The quantitative estimate of drug-likeness (QED) is 0.773. The molecule has 0 aromatic heterocycles. The Morgan fingerprint density at radius 2 is 1.57 bits per heavy atom. The van der Waals surface area contributed by atoms with Gasteiger partial charge in [0.1, 0.15) is 0 Å². The first kappa shape index (κ1) is 15.2. The predicted octanol–water partition coefficient (Wildman–Crippen LogP) is 1.34. The van der Waals surface area contributed by atoms with Gasteiger partial charge in [-0.05, 0) is 12.1 Å². The number of benzene rings is 1. The molecule has 3 amide bonds. The van der Waals surface area contributed by atoms with Crippen LogP contribution in [0.15, 0.2) is 30.3 Å². The summed E-state index contributed by atoms with van der Waals surface area (Å²) < 4.78 is 0. The first-order chi connectivity index (χ1) is 5.70. The summed E-state index contributed by atoms with van der Waals surface area (Å²) in [6.45, 7) is 0. The normalized spacial score (nSPS) is 7.71. The van der Waals surface area contributed by atoms with Crippen molar-refractivity contribution in [3.63, 3.8) is 0 Å². The number of hydrogen-bond acceptors (Lipinski definition) is 2. The lowest BCUT2D eigenvalue weighted by Gasteiger charge is -1.98. The maximum absolute atomic E-state index is 11.0. The molecule has 0 aliphatic carbocycles. The Morgan fingerprint density at radius 3 is 2.00 bits per heavy atom. The van der Waals surface area contributed by atoms with E-state index in [1.165, 1.54) is 0 Å². The Kier molecular flexibility index (Phi) is 7.80. The van der Waals surface area contributed by atoms with E-state index >= 15 is 0 Å². The molecule has 0 aliphatic rings. The average molecular weight is 237 g/mol. The number of nitrogens with one attached hydrogen (secondary N) is 1. The van der Waals surface area contributed by atoms with E-state index in [4.69, 9.17) is 5.73 Å². The highest BCUT2D eigenvalue weighted by atomic mass is 35.5. The molecule has 0 atom stereocenters. The molecule has 0 fully saturated rings. The SMILES string of the molecule is Cl.Cl.NC(=O)NC(=O)c1ccccc1. The molecule has 78 valence electrons. The Balaban J connectivity index is 0. The van der Waals surface area contributed by atoms with Crippen LogP contribution in [0.3, 0.4) is 0 Å². The standard InChI is InChI=1S/C8H8N2O2.2ClH/c9-8(12)10-7(11)6-4-2-1-3-5-6;;/h1-5H,(H3,9,10,11,12);2*1H. The number of rotatable bonds is 1. The third-order valence-corrected chi connectivity index (χ3v) is 1.27. The van der Waals surface area contributed by atoms with E-state index in [0.29, 0.717) is 5.56 Å². The molecular formula is C8H10Cl2N2O2. The van der Waals surface area contributed by atoms with Crippen molar-refractivity contribution in [2.45, 2.75) is 0 Å². The number of carbonyl (C=O) groups excluding carboxylic acids is 2. The predicted molar refractivity (Wildman–Crippen MR) is 58.0 cm³/mol. The number of carbonyl (C=O) groups is 2. The first-order valence-corrected chi connectivity index (χ1v) is 3.36.